The van der Waals surface area contributed by atoms with Crippen molar-refractivity contribution in [2.45, 2.75) is 31.9 Å². The van der Waals surface area contributed by atoms with E-state index in [0.29, 0.717) is 0 Å². The first-order valence-corrected chi connectivity index (χ1v) is 10.7. The van der Waals surface area contributed by atoms with Gasteiger partial charge in [0.2, 0.25) is 0 Å². The molecule has 1 aliphatic carbocycles. The Morgan fingerprint density at radius 2 is 1.96 bits per heavy atom. The molecule has 0 N–H and O–H groups in total. The highest BCUT2D eigenvalue weighted by atomic mass is 32.1. The summed E-state index contributed by atoms with van der Waals surface area (Å²) < 4.78 is 6.06. The smallest absolute Gasteiger partial charge is 0.124 e. The molecule has 2 heterocycles. The van der Waals surface area contributed by atoms with Crippen LogP contribution >= 0.6 is 11.3 Å². The van der Waals surface area contributed by atoms with E-state index in [4.69, 9.17) is 9.72 Å². The van der Waals surface area contributed by atoms with Crippen LogP contribution in [0.4, 0.5) is 0 Å². The van der Waals surface area contributed by atoms with E-state index >= 15 is 0 Å². The molecule has 2 aromatic carbocycles. The lowest BCUT2D eigenvalue weighted by atomic mass is 10.1. The molecular formula is C23H24N2OS. The number of aryl methyl sites for hydroxylation is 2. The standard InChI is InChI=1S/C23H24N2OS/c1-2-5-17(6-3-1)14-25-11-12-26-22(15-25)23-24-21(16-27-23)20-10-9-18-7-4-8-19(18)13-20/h1-3,5-6,9-10,13,16,22H,4,7-8,11-12,14-15H2. The average Bonchev–Trinajstić information content (AvgIpc) is 3.38. The quantitative estimate of drug-likeness (QED) is 0.649. The van der Waals surface area contributed by atoms with Gasteiger partial charge in [0.1, 0.15) is 11.1 Å². The summed E-state index contributed by atoms with van der Waals surface area (Å²) in [6, 6.07) is 17.5. The molecule has 1 aliphatic heterocycles. The second-order valence-corrected chi connectivity index (χ2v) is 8.38. The summed E-state index contributed by atoms with van der Waals surface area (Å²) in [4.78, 5) is 7.41. The van der Waals surface area contributed by atoms with Crippen molar-refractivity contribution < 1.29 is 4.74 Å². The van der Waals surface area contributed by atoms with Crippen molar-refractivity contribution in [2.75, 3.05) is 19.7 Å². The van der Waals surface area contributed by atoms with Crippen molar-refractivity contribution >= 4 is 11.3 Å². The number of benzene rings is 2. The molecule has 3 aromatic rings. The molecule has 1 unspecified atom stereocenters. The van der Waals surface area contributed by atoms with Gasteiger partial charge in [-0.25, -0.2) is 4.98 Å². The molecule has 2 aliphatic rings. The van der Waals surface area contributed by atoms with Crippen LogP contribution in [0.25, 0.3) is 11.3 Å². The third kappa shape index (κ3) is 3.70. The van der Waals surface area contributed by atoms with Crippen LogP contribution in [-0.2, 0) is 24.1 Å². The van der Waals surface area contributed by atoms with E-state index in [1.54, 1.807) is 11.3 Å². The number of hydrogen-bond acceptors (Lipinski definition) is 4. The zero-order valence-electron chi connectivity index (χ0n) is 15.4. The Kier molecular flexibility index (Phi) is 4.78. The normalized spacial score (nSPS) is 19.9. The maximum absolute atomic E-state index is 6.06. The van der Waals surface area contributed by atoms with Crippen LogP contribution < -0.4 is 0 Å². The number of morpholine rings is 1. The van der Waals surface area contributed by atoms with Gasteiger partial charge in [-0.15, -0.1) is 11.3 Å². The Hall–Kier alpha value is -2.01. The summed E-state index contributed by atoms with van der Waals surface area (Å²) in [7, 11) is 0. The number of fused-ring (bicyclic) bond motifs is 1. The summed E-state index contributed by atoms with van der Waals surface area (Å²) >= 11 is 1.73. The summed E-state index contributed by atoms with van der Waals surface area (Å²) in [5, 5.41) is 3.29. The highest BCUT2D eigenvalue weighted by Crippen LogP contribution is 2.32. The highest BCUT2D eigenvalue weighted by molar-refractivity contribution is 7.10. The first-order valence-electron chi connectivity index (χ1n) is 9.81. The van der Waals surface area contributed by atoms with Crippen molar-refractivity contribution in [3.63, 3.8) is 0 Å². The topological polar surface area (TPSA) is 25.4 Å². The number of hydrogen-bond donors (Lipinski definition) is 0. The summed E-state index contributed by atoms with van der Waals surface area (Å²) in [6.45, 7) is 3.63. The van der Waals surface area contributed by atoms with E-state index in [1.807, 2.05) is 0 Å². The van der Waals surface area contributed by atoms with Crippen molar-refractivity contribution in [1.29, 1.82) is 0 Å². The molecule has 1 saturated heterocycles. The van der Waals surface area contributed by atoms with E-state index in [1.165, 1.54) is 41.5 Å². The fourth-order valence-electron chi connectivity index (χ4n) is 4.14. The van der Waals surface area contributed by atoms with Crippen LogP contribution in [0, 0.1) is 0 Å². The molecule has 4 heteroatoms. The molecular weight excluding hydrogens is 352 g/mol. The number of ether oxygens (including phenoxy) is 1. The Morgan fingerprint density at radius 3 is 2.89 bits per heavy atom. The van der Waals surface area contributed by atoms with Gasteiger partial charge in [0.05, 0.1) is 12.3 Å². The minimum absolute atomic E-state index is 0.0793. The van der Waals surface area contributed by atoms with Gasteiger partial charge in [-0.05, 0) is 42.0 Å². The lowest BCUT2D eigenvalue weighted by molar-refractivity contribution is -0.0329. The third-order valence-electron chi connectivity index (χ3n) is 5.59. The van der Waals surface area contributed by atoms with Gasteiger partial charge >= 0.3 is 0 Å². The Balaban J connectivity index is 1.30. The number of nitrogens with zero attached hydrogens (tertiary/aromatic N) is 2. The molecule has 0 radical (unpaired) electrons. The molecule has 3 nitrogen and oxygen atoms in total. The second-order valence-electron chi connectivity index (χ2n) is 7.49. The lowest BCUT2D eigenvalue weighted by Crippen LogP contribution is -2.37. The molecule has 138 valence electrons. The van der Waals surface area contributed by atoms with Crippen molar-refractivity contribution in [3.8, 4) is 11.3 Å². The van der Waals surface area contributed by atoms with E-state index in [-0.39, 0.29) is 6.10 Å². The number of thiazole rings is 1. The minimum atomic E-state index is 0.0793. The number of rotatable bonds is 4. The van der Waals surface area contributed by atoms with Crippen LogP contribution in [-0.4, -0.2) is 29.6 Å². The van der Waals surface area contributed by atoms with Crippen LogP contribution in [0.15, 0.2) is 53.9 Å². The highest BCUT2D eigenvalue weighted by Gasteiger charge is 2.25. The monoisotopic (exact) mass is 376 g/mol. The molecule has 1 aromatic heterocycles. The Labute approximate surface area is 164 Å². The molecule has 5 rings (SSSR count). The van der Waals surface area contributed by atoms with Crippen molar-refractivity contribution in [1.82, 2.24) is 9.88 Å². The van der Waals surface area contributed by atoms with Crippen LogP contribution in [0.2, 0.25) is 0 Å². The number of aromatic nitrogens is 1. The predicted octanol–water partition coefficient (Wildman–Crippen LogP) is 4.87. The SMILES string of the molecule is c1ccc(CN2CCOC(c3nc(-c4ccc5c(c4)CCC5)cs3)C2)cc1. The zero-order valence-corrected chi connectivity index (χ0v) is 16.3. The molecule has 0 spiro atoms. The van der Waals surface area contributed by atoms with Gasteiger partial charge in [-0.3, -0.25) is 4.90 Å². The van der Waals surface area contributed by atoms with Crippen molar-refractivity contribution in [3.05, 3.63) is 75.6 Å². The molecule has 27 heavy (non-hydrogen) atoms. The van der Waals surface area contributed by atoms with E-state index < -0.39 is 0 Å². The lowest BCUT2D eigenvalue weighted by Gasteiger charge is -2.32. The van der Waals surface area contributed by atoms with Crippen molar-refractivity contribution in [2.24, 2.45) is 0 Å². The van der Waals surface area contributed by atoms with Gasteiger partial charge < -0.3 is 4.74 Å². The maximum atomic E-state index is 6.06. The maximum Gasteiger partial charge on any atom is 0.124 e. The van der Waals surface area contributed by atoms with E-state index in [0.717, 1.165) is 36.9 Å². The average molecular weight is 377 g/mol. The molecule has 1 atom stereocenters. The third-order valence-corrected chi connectivity index (χ3v) is 6.53. The van der Waals surface area contributed by atoms with Gasteiger partial charge in [-0.1, -0.05) is 42.5 Å². The summed E-state index contributed by atoms with van der Waals surface area (Å²) in [6.07, 6.45) is 3.80. The molecule has 0 amide bonds. The summed E-state index contributed by atoms with van der Waals surface area (Å²) in [5.74, 6) is 0. The Morgan fingerprint density at radius 1 is 1.07 bits per heavy atom. The molecule has 0 saturated carbocycles. The fourth-order valence-corrected chi connectivity index (χ4v) is 5.00. The van der Waals surface area contributed by atoms with E-state index in [9.17, 15) is 0 Å². The summed E-state index contributed by atoms with van der Waals surface area (Å²) in [5.41, 5.74) is 6.71. The fraction of sp³-hybridized carbons (Fsp3) is 0.348. The zero-order chi connectivity index (χ0) is 18.1. The first kappa shape index (κ1) is 17.1. The van der Waals surface area contributed by atoms with Gasteiger partial charge in [0.15, 0.2) is 0 Å². The van der Waals surface area contributed by atoms with Crippen LogP contribution in [0.1, 0.15) is 34.2 Å². The van der Waals surface area contributed by atoms with Gasteiger partial charge in [-0.2, -0.15) is 0 Å². The second kappa shape index (κ2) is 7.55. The predicted molar refractivity (Wildman–Crippen MR) is 110 cm³/mol. The van der Waals surface area contributed by atoms with Gasteiger partial charge in [0.25, 0.3) is 0 Å². The molecule has 1 fully saturated rings. The van der Waals surface area contributed by atoms with Gasteiger partial charge in [0, 0.05) is 30.6 Å². The van der Waals surface area contributed by atoms with E-state index in [2.05, 4.69) is 58.8 Å². The van der Waals surface area contributed by atoms with Crippen LogP contribution in [0.5, 0.6) is 0 Å². The minimum Gasteiger partial charge on any atom is -0.368 e. The molecule has 0 bridgehead atoms. The largest absolute Gasteiger partial charge is 0.368 e. The first-order chi connectivity index (χ1) is 13.3. The Bertz CT molecular complexity index is 921. The van der Waals surface area contributed by atoms with Crippen LogP contribution in [0.3, 0.4) is 0 Å².